The van der Waals surface area contributed by atoms with Gasteiger partial charge < -0.3 is 0 Å². The topological polar surface area (TPSA) is 27.3 Å². The maximum absolute atomic E-state index is 3.60. The Kier molecular flexibility index (Phi) is 4.76. The van der Waals surface area contributed by atoms with Crippen molar-refractivity contribution in [2.45, 2.75) is 31.0 Å². The predicted molar refractivity (Wildman–Crippen MR) is 110 cm³/mol. The largest absolute Gasteiger partial charge is 0.299 e. The van der Waals surface area contributed by atoms with Gasteiger partial charge in [0.05, 0.1) is 6.04 Å². The number of hydrazine groups is 1. The molecular formula is C22H27N3S. The summed E-state index contributed by atoms with van der Waals surface area (Å²) in [5, 5.41) is 0. The molecule has 2 aromatic rings. The van der Waals surface area contributed by atoms with Gasteiger partial charge in [0.25, 0.3) is 0 Å². The average molecular weight is 366 g/mol. The van der Waals surface area contributed by atoms with E-state index >= 15 is 0 Å². The van der Waals surface area contributed by atoms with Gasteiger partial charge in [0.2, 0.25) is 0 Å². The molecule has 0 spiro atoms. The average Bonchev–Trinajstić information content (AvgIpc) is 3.38. The van der Waals surface area contributed by atoms with E-state index < -0.39 is 0 Å². The zero-order chi connectivity index (χ0) is 17.3. The number of nitrogens with one attached hydrogen (secondary N) is 2. The molecule has 3 saturated heterocycles. The summed E-state index contributed by atoms with van der Waals surface area (Å²) < 4.78 is 0. The van der Waals surface area contributed by atoms with Crippen LogP contribution in [0.4, 0.5) is 0 Å². The lowest BCUT2D eigenvalue weighted by atomic mass is 9.84. The minimum atomic E-state index is 0.418. The maximum Gasteiger partial charge on any atom is 0.0518 e. The molecule has 2 aromatic carbocycles. The lowest BCUT2D eigenvalue weighted by Crippen LogP contribution is -2.49. The third kappa shape index (κ3) is 3.20. The van der Waals surface area contributed by atoms with Gasteiger partial charge in [-0.3, -0.25) is 10.3 Å². The molecule has 0 radical (unpaired) electrons. The van der Waals surface area contributed by atoms with Gasteiger partial charge in [-0.2, -0.15) is 11.8 Å². The molecule has 4 atom stereocenters. The lowest BCUT2D eigenvalue weighted by molar-refractivity contribution is 0.119. The molecule has 4 unspecified atom stereocenters. The number of piperidine rings is 1. The van der Waals surface area contributed by atoms with Crippen molar-refractivity contribution in [2.75, 3.05) is 24.6 Å². The van der Waals surface area contributed by atoms with Crippen LogP contribution in [0.3, 0.4) is 0 Å². The maximum atomic E-state index is 3.60. The Bertz CT molecular complexity index is 727. The highest BCUT2D eigenvalue weighted by atomic mass is 32.2. The zero-order valence-corrected chi connectivity index (χ0v) is 15.9. The van der Waals surface area contributed by atoms with Crippen LogP contribution in [0.5, 0.6) is 0 Å². The summed E-state index contributed by atoms with van der Waals surface area (Å²) in [6.07, 6.45) is 2.64. The molecule has 0 saturated carbocycles. The van der Waals surface area contributed by atoms with E-state index in [9.17, 15) is 0 Å². The van der Waals surface area contributed by atoms with Crippen molar-refractivity contribution in [2.24, 2.45) is 5.92 Å². The Morgan fingerprint density at radius 3 is 2.46 bits per heavy atom. The van der Waals surface area contributed by atoms with Crippen molar-refractivity contribution >= 4 is 11.8 Å². The van der Waals surface area contributed by atoms with Gasteiger partial charge >= 0.3 is 0 Å². The second kappa shape index (κ2) is 7.35. The van der Waals surface area contributed by atoms with Crippen molar-refractivity contribution in [3.63, 3.8) is 0 Å². The molecule has 5 rings (SSSR count). The van der Waals surface area contributed by atoms with Gasteiger partial charge in [-0.1, -0.05) is 54.6 Å². The third-order valence-corrected chi connectivity index (χ3v) is 7.49. The van der Waals surface area contributed by atoms with E-state index in [1.165, 1.54) is 54.1 Å². The highest BCUT2D eigenvalue weighted by Crippen LogP contribution is 2.36. The van der Waals surface area contributed by atoms with Crippen LogP contribution in [0.15, 0.2) is 54.6 Å². The minimum absolute atomic E-state index is 0.418. The Morgan fingerprint density at radius 2 is 1.69 bits per heavy atom. The number of rotatable bonds is 3. The number of thioether (sulfide) groups is 1. The van der Waals surface area contributed by atoms with Gasteiger partial charge in [-0.15, -0.1) is 0 Å². The molecule has 3 fully saturated rings. The van der Waals surface area contributed by atoms with Crippen molar-refractivity contribution in [1.29, 1.82) is 0 Å². The van der Waals surface area contributed by atoms with Crippen molar-refractivity contribution in [3.8, 4) is 11.1 Å². The molecule has 3 aliphatic rings. The van der Waals surface area contributed by atoms with E-state index in [-0.39, 0.29) is 0 Å². The molecule has 26 heavy (non-hydrogen) atoms. The van der Waals surface area contributed by atoms with Crippen LogP contribution >= 0.6 is 11.8 Å². The molecule has 3 heterocycles. The molecule has 0 aliphatic carbocycles. The second-order valence-electron chi connectivity index (χ2n) is 7.83. The number of likely N-dealkylation sites (tertiary alicyclic amines) is 1. The standard InChI is InChI=1S/C22H27N3S/c1-2-4-16(5-3-1)17-6-8-18(9-7-17)22-20-14-25(19-11-13-26-15-19)12-10-21(20)23-24-22/h1-9,19-24H,10-15H2. The van der Waals surface area contributed by atoms with Crippen LogP contribution in [0.1, 0.15) is 24.4 Å². The van der Waals surface area contributed by atoms with Crippen molar-refractivity contribution < 1.29 is 0 Å². The molecule has 0 aromatic heterocycles. The summed E-state index contributed by atoms with van der Waals surface area (Å²) in [6.45, 7) is 2.47. The van der Waals surface area contributed by atoms with E-state index in [1.54, 1.807) is 0 Å². The molecular weight excluding hydrogens is 338 g/mol. The SMILES string of the molecule is c1ccc(-c2ccc(C3NNC4CCN(C5CCSC5)CC43)cc2)cc1. The van der Waals surface area contributed by atoms with E-state index in [1.807, 2.05) is 0 Å². The molecule has 2 N–H and O–H groups in total. The number of benzene rings is 2. The van der Waals surface area contributed by atoms with E-state index in [4.69, 9.17) is 0 Å². The fourth-order valence-electron chi connectivity index (χ4n) is 4.81. The van der Waals surface area contributed by atoms with Crippen LogP contribution < -0.4 is 10.9 Å². The first-order valence-electron chi connectivity index (χ1n) is 9.87. The smallest absolute Gasteiger partial charge is 0.0518 e. The van der Waals surface area contributed by atoms with Crippen molar-refractivity contribution in [1.82, 2.24) is 15.8 Å². The number of hydrogen-bond acceptors (Lipinski definition) is 4. The first-order chi connectivity index (χ1) is 12.9. The normalized spacial score (nSPS) is 31.8. The third-order valence-electron chi connectivity index (χ3n) is 6.34. The highest BCUT2D eigenvalue weighted by molar-refractivity contribution is 7.99. The van der Waals surface area contributed by atoms with Gasteiger partial charge in [-0.25, -0.2) is 5.43 Å². The first-order valence-corrected chi connectivity index (χ1v) is 11.0. The summed E-state index contributed by atoms with van der Waals surface area (Å²) in [5.74, 6) is 3.34. The first kappa shape index (κ1) is 16.8. The van der Waals surface area contributed by atoms with Gasteiger partial charge in [-0.05, 0) is 35.3 Å². The second-order valence-corrected chi connectivity index (χ2v) is 8.98. The van der Waals surface area contributed by atoms with E-state index in [2.05, 4.69) is 82.1 Å². The minimum Gasteiger partial charge on any atom is -0.299 e. The summed E-state index contributed by atoms with van der Waals surface area (Å²) in [7, 11) is 0. The van der Waals surface area contributed by atoms with Crippen LogP contribution in [-0.4, -0.2) is 41.6 Å². The Morgan fingerprint density at radius 1 is 0.885 bits per heavy atom. The number of fused-ring (bicyclic) bond motifs is 1. The molecule has 0 amide bonds. The highest BCUT2D eigenvalue weighted by Gasteiger charge is 2.42. The van der Waals surface area contributed by atoms with Crippen LogP contribution in [0.2, 0.25) is 0 Å². The quantitative estimate of drug-likeness (QED) is 0.867. The lowest BCUT2D eigenvalue weighted by Gasteiger charge is -2.39. The number of hydrogen-bond donors (Lipinski definition) is 2. The molecule has 3 nitrogen and oxygen atoms in total. The molecule has 0 bridgehead atoms. The van der Waals surface area contributed by atoms with Crippen molar-refractivity contribution in [3.05, 3.63) is 60.2 Å². The monoisotopic (exact) mass is 365 g/mol. The summed E-state index contributed by atoms with van der Waals surface area (Å²) >= 11 is 2.12. The van der Waals surface area contributed by atoms with Gasteiger partial charge in [0.1, 0.15) is 0 Å². The van der Waals surface area contributed by atoms with E-state index in [0.29, 0.717) is 18.0 Å². The Balaban J connectivity index is 1.33. The zero-order valence-electron chi connectivity index (χ0n) is 15.1. The van der Waals surface area contributed by atoms with Crippen LogP contribution in [0, 0.1) is 5.92 Å². The Hall–Kier alpha value is -1.33. The van der Waals surface area contributed by atoms with Gasteiger partial charge in [0.15, 0.2) is 0 Å². The fraction of sp³-hybridized carbons (Fsp3) is 0.455. The van der Waals surface area contributed by atoms with Crippen LogP contribution in [0.25, 0.3) is 11.1 Å². The summed E-state index contributed by atoms with van der Waals surface area (Å²) in [5.41, 5.74) is 11.2. The predicted octanol–water partition coefficient (Wildman–Crippen LogP) is 3.70. The summed E-state index contributed by atoms with van der Waals surface area (Å²) in [4.78, 5) is 2.77. The van der Waals surface area contributed by atoms with Gasteiger partial charge in [0, 0.05) is 36.8 Å². The number of nitrogens with zero attached hydrogens (tertiary/aromatic N) is 1. The summed E-state index contributed by atoms with van der Waals surface area (Å²) in [6, 6.07) is 21.7. The molecule has 4 heteroatoms. The van der Waals surface area contributed by atoms with Crippen LogP contribution in [-0.2, 0) is 0 Å². The molecule has 136 valence electrons. The fourth-order valence-corrected chi connectivity index (χ4v) is 6.07. The Labute approximate surface area is 160 Å². The van der Waals surface area contributed by atoms with E-state index in [0.717, 1.165) is 6.04 Å². The molecule has 3 aliphatic heterocycles.